The van der Waals surface area contributed by atoms with Crippen LogP contribution in [0.2, 0.25) is 5.02 Å². The van der Waals surface area contributed by atoms with Gasteiger partial charge in [0.25, 0.3) is 0 Å². The summed E-state index contributed by atoms with van der Waals surface area (Å²) >= 11 is 5.77. The molecule has 0 amide bonds. The molecule has 0 unspecified atom stereocenters. The minimum Gasteiger partial charge on any atom is -0.341 e. The van der Waals surface area contributed by atoms with Crippen molar-refractivity contribution in [2.24, 2.45) is 4.99 Å². The van der Waals surface area contributed by atoms with Crippen molar-refractivity contribution in [3.63, 3.8) is 0 Å². The van der Waals surface area contributed by atoms with Gasteiger partial charge in [-0.25, -0.2) is 13.2 Å². The number of fused-ring (bicyclic) bond motifs is 1. The van der Waals surface area contributed by atoms with Gasteiger partial charge in [0.2, 0.25) is 0 Å². The van der Waals surface area contributed by atoms with Crippen LogP contribution in [0.1, 0.15) is 35.3 Å². The summed E-state index contributed by atoms with van der Waals surface area (Å²) in [7, 11) is 0. The standard InChI is InChI=1S/C22H23ClF3N3O/c1-3-29(4-2)8-7-27-20-12-15-14(11-18(25)21(26)22(15)28-20)19(30)10-13-5-6-17(24)16(23)9-13/h5-6,9,11H,3-4,7-8,10,12H2,1-2H3,(H,27,28). The molecule has 1 heterocycles. The maximum absolute atomic E-state index is 14.3. The number of amidine groups is 1. The molecule has 3 rings (SSSR count). The predicted octanol–water partition coefficient (Wildman–Crippen LogP) is 4.89. The van der Waals surface area contributed by atoms with Gasteiger partial charge < -0.3 is 10.2 Å². The van der Waals surface area contributed by atoms with E-state index in [2.05, 4.69) is 29.1 Å². The molecule has 0 radical (unpaired) electrons. The lowest BCUT2D eigenvalue weighted by Crippen LogP contribution is -2.26. The van der Waals surface area contributed by atoms with Crippen LogP contribution < -0.4 is 5.32 Å². The Hall–Kier alpha value is -2.38. The van der Waals surface area contributed by atoms with Crippen molar-refractivity contribution < 1.29 is 18.0 Å². The van der Waals surface area contributed by atoms with Gasteiger partial charge in [-0.15, -0.1) is 0 Å². The number of aliphatic imine (C=N–C) groups is 1. The number of Topliss-reactive ketones (excluding diaryl/α,β-unsaturated/α-hetero) is 1. The minimum atomic E-state index is -1.11. The van der Waals surface area contributed by atoms with Crippen LogP contribution in [0.3, 0.4) is 0 Å². The minimum absolute atomic E-state index is 0.0444. The van der Waals surface area contributed by atoms with E-state index in [0.717, 1.165) is 25.7 Å². The van der Waals surface area contributed by atoms with Gasteiger partial charge in [-0.1, -0.05) is 31.5 Å². The van der Waals surface area contributed by atoms with E-state index in [4.69, 9.17) is 11.6 Å². The summed E-state index contributed by atoms with van der Waals surface area (Å²) in [5.74, 6) is -2.62. The van der Waals surface area contributed by atoms with Crippen LogP contribution in [-0.2, 0) is 12.8 Å². The van der Waals surface area contributed by atoms with E-state index in [1.54, 1.807) is 0 Å². The van der Waals surface area contributed by atoms with Crippen LogP contribution in [-0.4, -0.2) is 42.7 Å². The van der Waals surface area contributed by atoms with Crippen LogP contribution in [0.4, 0.5) is 18.9 Å². The molecular weight excluding hydrogens is 415 g/mol. The molecule has 160 valence electrons. The van der Waals surface area contributed by atoms with E-state index in [-0.39, 0.29) is 29.1 Å². The summed E-state index contributed by atoms with van der Waals surface area (Å²) < 4.78 is 41.8. The van der Waals surface area contributed by atoms with E-state index in [1.165, 1.54) is 18.2 Å². The highest BCUT2D eigenvalue weighted by Gasteiger charge is 2.28. The third kappa shape index (κ3) is 4.84. The SMILES string of the molecule is CCN(CC)CCN=C1Cc2c(C(=O)Cc3ccc(F)c(Cl)c3)cc(F)c(F)c2N1. The smallest absolute Gasteiger partial charge is 0.182 e. The van der Waals surface area contributed by atoms with Crippen LogP contribution in [0.25, 0.3) is 0 Å². The number of halogens is 4. The Morgan fingerprint density at radius 3 is 2.57 bits per heavy atom. The summed E-state index contributed by atoms with van der Waals surface area (Å²) in [5, 5.41) is 2.73. The maximum Gasteiger partial charge on any atom is 0.182 e. The first-order valence-corrected chi connectivity index (χ1v) is 10.2. The number of anilines is 1. The highest BCUT2D eigenvalue weighted by molar-refractivity contribution is 6.30. The highest BCUT2D eigenvalue weighted by atomic mass is 35.5. The summed E-state index contributed by atoms with van der Waals surface area (Å²) in [6, 6.07) is 4.88. The number of hydrogen-bond donors (Lipinski definition) is 1. The molecule has 30 heavy (non-hydrogen) atoms. The van der Waals surface area contributed by atoms with Gasteiger partial charge in [0, 0.05) is 24.9 Å². The first kappa shape index (κ1) is 22.3. The molecule has 2 aromatic carbocycles. The first-order chi connectivity index (χ1) is 14.3. The lowest BCUT2D eigenvalue weighted by atomic mass is 9.96. The zero-order chi connectivity index (χ0) is 21.8. The van der Waals surface area contributed by atoms with E-state index in [0.29, 0.717) is 23.5 Å². The molecule has 0 atom stereocenters. The number of ketones is 1. The number of nitrogens with one attached hydrogen (secondary N) is 1. The predicted molar refractivity (Wildman–Crippen MR) is 113 cm³/mol. The molecule has 4 nitrogen and oxygen atoms in total. The number of nitrogens with zero attached hydrogens (tertiary/aromatic N) is 2. The molecule has 1 aliphatic rings. The molecule has 0 saturated heterocycles. The Labute approximate surface area is 178 Å². The lowest BCUT2D eigenvalue weighted by Gasteiger charge is -2.16. The zero-order valence-electron chi connectivity index (χ0n) is 16.9. The third-order valence-electron chi connectivity index (χ3n) is 5.20. The molecule has 8 heteroatoms. The molecule has 0 bridgehead atoms. The summed E-state index contributed by atoms with van der Waals surface area (Å²) in [6.07, 6.45) is 0.113. The van der Waals surface area contributed by atoms with Gasteiger partial charge in [-0.05, 0) is 42.4 Å². The van der Waals surface area contributed by atoms with Crippen molar-refractivity contribution in [3.05, 3.63) is 63.4 Å². The van der Waals surface area contributed by atoms with Gasteiger partial charge >= 0.3 is 0 Å². The van der Waals surface area contributed by atoms with Gasteiger partial charge in [0.1, 0.15) is 11.7 Å². The fraction of sp³-hybridized carbons (Fsp3) is 0.364. The van der Waals surface area contributed by atoms with E-state index in [9.17, 15) is 18.0 Å². The Bertz CT molecular complexity index is 990. The van der Waals surface area contributed by atoms with Crippen LogP contribution >= 0.6 is 11.6 Å². The second-order valence-corrected chi connectivity index (χ2v) is 7.49. The second kappa shape index (κ2) is 9.62. The van der Waals surface area contributed by atoms with Crippen molar-refractivity contribution in [2.75, 3.05) is 31.5 Å². The zero-order valence-corrected chi connectivity index (χ0v) is 17.6. The molecular formula is C22H23ClF3N3O. The summed E-state index contributed by atoms with van der Waals surface area (Å²) in [5.41, 5.74) is 0.917. The monoisotopic (exact) mass is 437 g/mol. The Morgan fingerprint density at radius 2 is 1.90 bits per heavy atom. The lowest BCUT2D eigenvalue weighted by molar-refractivity contribution is 0.0992. The van der Waals surface area contributed by atoms with E-state index in [1.807, 2.05) is 0 Å². The van der Waals surface area contributed by atoms with Crippen LogP contribution in [0, 0.1) is 17.5 Å². The summed E-state index contributed by atoms with van der Waals surface area (Å²) in [6.45, 7) is 7.19. The van der Waals surface area contributed by atoms with Gasteiger partial charge in [0.05, 0.1) is 17.3 Å². The average molecular weight is 438 g/mol. The normalized spacial score (nSPS) is 14.3. The number of carbonyl (C=O) groups is 1. The number of carbonyl (C=O) groups excluding carboxylic acids is 1. The molecule has 0 aliphatic carbocycles. The number of likely N-dealkylation sites (N-methyl/N-ethyl adjacent to an activating group) is 1. The molecule has 0 fully saturated rings. The van der Waals surface area contributed by atoms with Gasteiger partial charge in [-0.3, -0.25) is 9.79 Å². The maximum atomic E-state index is 14.3. The van der Waals surface area contributed by atoms with Gasteiger partial charge in [0.15, 0.2) is 17.4 Å². The fourth-order valence-electron chi connectivity index (χ4n) is 3.47. The molecule has 1 N–H and O–H groups in total. The number of hydrogen-bond acceptors (Lipinski definition) is 3. The Balaban J connectivity index is 1.82. The molecule has 1 aliphatic heterocycles. The van der Waals surface area contributed by atoms with Crippen molar-refractivity contribution in [1.29, 1.82) is 0 Å². The average Bonchev–Trinajstić information content (AvgIpc) is 3.15. The fourth-order valence-corrected chi connectivity index (χ4v) is 3.68. The first-order valence-electron chi connectivity index (χ1n) is 9.84. The molecule has 0 saturated carbocycles. The Kier molecular flexibility index (Phi) is 7.15. The molecule has 0 aromatic heterocycles. The van der Waals surface area contributed by atoms with Crippen molar-refractivity contribution >= 4 is 28.9 Å². The van der Waals surface area contributed by atoms with Crippen molar-refractivity contribution in [3.8, 4) is 0 Å². The number of rotatable bonds is 8. The van der Waals surface area contributed by atoms with Gasteiger partial charge in [-0.2, -0.15) is 0 Å². The van der Waals surface area contributed by atoms with Crippen molar-refractivity contribution in [2.45, 2.75) is 26.7 Å². The number of benzene rings is 2. The Morgan fingerprint density at radius 1 is 1.17 bits per heavy atom. The molecule has 0 spiro atoms. The second-order valence-electron chi connectivity index (χ2n) is 7.08. The quantitative estimate of drug-likeness (QED) is 0.598. The highest BCUT2D eigenvalue weighted by Crippen LogP contribution is 2.32. The van der Waals surface area contributed by atoms with Crippen LogP contribution in [0.5, 0.6) is 0 Å². The molecule has 2 aromatic rings. The topological polar surface area (TPSA) is 44.7 Å². The van der Waals surface area contributed by atoms with Crippen LogP contribution in [0.15, 0.2) is 29.3 Å². The largest absolute Gasteiger partial charge is 0.341 e. The van der Waals surface area contributed by atoms with Crippen molar-refractivity contribution in [1.82, 2.24) is 4.90 Å². The third-order valence-corrected chi connectivity index (χ3v) is 5.49. The summed E-state index contributed by atoms with van der Waals surface area (Å²) in [4.78, 5) is 19.5. The van der Waals surface area contributed by atoms with E-state index < -0.39 is 23.2 Å². The van der Waals surface area contributed by atoms with E-state index >= 15 is 0 Å².